The van der Waals surface area contributed by atoms with Crippen LogP contribution in [0.4, 0.5) is 0 Å². The van der Waals surface area contributed by atoms with Crippen molar-refractivity contribution in [2.24, 2.45) is 0 Å². The first-order chi connectivity index (χ1) is 22.1. The lowest BCUT2D eigenvalue weighted by Gasteiger charge is -2.45. The summed E-state index contributed by atoms with van der Waals surface area (Å²) in [5.74, 6) is -4.82. The number of methoxy groups -OCH3 is 1. The summed E-state index contributed by atoms with van der Waals surface area (Å²) in [5, 5.41) is 64.9. The number of phenolic OH excluding ortho intramolecular Hbond substituents is 2. The summed E-state index contributed by atoms with van der Waals surface area (Å²) >= 11 is 0. The molecule has 2 saturated heterocycles. The van der Waals surface area contributed by atoms with Crippen molar-refractivity contribution in [3.63, 3.8) is 0 Å². The van der Waals surface area contributed by atoms with E-state index in [2.05, 4.69) is 0 Å². The smallest absolute Gasteiger partial charge is 0.316 e. The van der Waals surface area contributed by atoms with Crippen molar-refractivity contribution >= 4 is 17.5 Å². The predicted octanol–water partition coefficient (Wildman–Crippen LogP) is 1.08. The highest BCUT2D eigenvalue weighted by Gasteiger charge is 2.52. The van der Waals surface area contributed by atoms with Crippen molar-refractivity contribution < 1.29 is 68.7 Å². The van der Waals surface area contributed by atoms with Crippen LogP contribution in [-0.4, -0.2) is 110 Å². The molecule has 2 aliphatic carbocycles. The van der Waals surface area contributed by atoms with Crippen LogP contribution in [0.3, 0.4) is 0 Å². The van der Waals surface area contributed by atoms with Gasteiger partial charge in [-0.05, 0) is 38.5 Å². The Labute approximate surface area is 269 Å². The lowest BCUT2D eigenvalue weighted by molar-refractivity contribution is -0.317. The van der Waals surface area contributed by atoms with Crippen LogP contribution in [0.5, 0.6) is 11.5 Å². The second kappa shape index (κ2) is 12.2. The summed E-state index contributed by atoms with van der Waals surface area (Å²) in [7, 11) is 1.13. The molecule has 0 saturated carbocycles. The number of hydrogen-bond donors (Lipinski definition) is 6. The maximum absolute atomic E-state index is 13.7. The highest BCUT2D eigenvalue weighted by atomic mass is 16.7. The number of aromatic hydroxyl groups is 2. The first kappa shape index (κ1) is 33.4. The molecule has 14 heteroatoms. The second-order valence-corrected chi connectivity index (χ2v) is 12.9. The zero-order valence-corrected chi connectivity index (χ0v) is 26.2. The molecule has 11 atom stereocenters. The molecule has 47 heavy (non-hydrogen) atoms. The predicted molar refractivity (Wildman–Crippen MR) is 158 cm³/mol. The molecule has 2 aromatic rings. The fraction of sp³-hybridized carbons (Fsp3) is 0.545. The van der Waals surface area contributed by atoms with Crippen LogP contribution in [0.25, 0.3) is 0 Å². The minimum absolute atomic E-state index is 0.00836. The molecule has 11 unspecified atom stereocenters. The number of ketones is 2. The lowest BCUT2D eigenvalue weighted by atomic mass is 9.68. The molecule has 6 rings (SSSR count). The van der Waals surface area contributed by atoms with E-state index in [0.29, 0.717) is 0 Å². The maximum atomic E-state index is 13.7. The van der Waals surface area contributed by atoms with E-state index in [1.165, 1.54) is 31.2 Å². The second-order valence-electron chi connectivity index (χ2n) is 12.9. The van der Waals surface area contributed by atoms with E-state index in [-0.39, 0.29) is 52.6 Å². The van der Waals surface area contributed by atoms with Gasteiger partial charge in [-0.2, -0.15) is 0 Å². The molecule has 14 nitrogen and oxygen atoms in total. The normalized spacial score (nSPS) is 36.7. The largest absolute Gasteiger partial charge is 0.507 e. The molecule has 0 aromatic heterocycles. The number of benzene rings is 2. The SMILES string of the molecule is COC(=O)C1c2cc3c(c(O)c2C(OC2CC(O)C(OC4CC(O)C(O)C(C)O4)C(C)O2)CC1(C)O)C(=O)c1c(O)cccc1C3=O. The third kappa shape index (κ3) is 5.62. The zero-order chi connectivity index (χ0) is 34.1. The van der Waals surface area contributed by atoms with Crippen LogP contribution in [-0.2, 0) is 28.5 Å². The number of hydrogen-bond acceptors (Lipinski definition) is 14. The van der Waals surface area contributed by atoms with E-state index in [9.17, 15) is 45.0 Å². The van der Waals surface area contributed by atoms with E-state index in [0.717, 1.165) is 7.11 Å². The van der Waals surface area contributed by atoms with Gasteiger partial charge in [0.2, 0.25) is 5.78 Å². The van der Waals surface area contributed by atoms with Gasteiger partial charge in [0.15, 0.2) is 18.4 Å². The average molecular weight is 659 g/mol. The van der Waals surface area contributed by atoms with Gasteiger partial charge in [0.1, 0.15) is 29.6 Å². The van der Waals surface area contributed by atoms with E-state index in [1.807, 2.05) is 0 Å². The molecular weight excluding hydrogens is 620 g/mol. The molecule has 0 radical (unpaired) electrons. The number of aliphatic hydroxyl groups is 4. The molecular formula is C33H38O14. The summed E-state index contributed by atoms with van der Waals surface area (Å²) < 4.78 is 28.8. The quantitative estimate of drug-likeness (QED) is 0.212. The summed E-state index contributed by atoms with van der Waals surface area (Å²) in [6.45, 7) is 4.59. The molecule has 0 spiro atoms. The van der Waals surface area contributed by atoms with E-state index >= 15 is 0 Å². The van der Waals surface area contributed by atoms with Crippen LogP contribution >= 0.6 is 0 Å². The van der Waals surface area contributed by atoms with Crippen molar-refractivity contribution in [3.05, 3.63) is 57.6 Å². The van der Waals surface area contributed by atoms with Crippen molar-refractivity contribution in [2.75, 3.05) is 7.11 Å². The van der Waals surface area contributed by atoms with Crippen LogP contribution < -0.4 is 0 Å². The first-order valence-electron chi connectivity index (χ1n) is 15.4. The third-order valence-electron chi connectivity index (χ3n) is 9.59. The first-order valence-corrected chi connectivity index (χ1v) is 15.4. The van der Waals surface area contributed by atoms with Gasteiger partial charge in [0, 0.05) is 36.0 Å². The van der Waals surface area contributed by atoms with Gasteiger partial charge < -0.3 is 54.3 Å². The minimum Gasteiger partial charge on any atom is -0.507 e. The van der Waals surface area contributed by atoms with Crippen LogP contribution in [0.15, 0.2) is 24.3 Å². The standard InChI is InChI=1S/C33H38O14/c1-12-27(37)18(35)9-22(44-12)47-31-13(2)45-21(10-19(31)36)46-20-11-33(3,42)26(32(41)43-4)15-8-16-25(30(40)24(15)20)29(39)23-14(28(16)38)6-5-7-17(23)34/h5-8,12-13,18-22,26-27,31,34-37,40,42H,9-11H2,1-4H3. The number of aliphatic hydroxyl groups excluding tert-OH is 3. The molecule has 4 aliphatic rings. The number of carbonyl (C=O) groups excluding carboxylic acids is 3. The zero-order valence-electron chi connectivity index (χ0n) is 26.2. The summed E-state index contributed by atoms with van der Waals surface area (Å²) in [6.07, 6.45) is -9.41. The molecule has 6 N–H and O–H groups in total. The Morgan fingerprint density at radius 3 is 2.23 bits per heavy atom. The summed E-state index contributed by atoms with van der Waals surface area (Å²) in [5.41, 5.74) is -2.83. The van der Waals surface area contributed by atoms with E-state index < -0.39 is 95.9 Å². The number of esters is 1. The Morgan fingerprint density at radius 2 is 1.57 bits per heavy atom. The van der Waals surface area contributed by atoms with Gasteiger partial charge >= 0.3 is 5.97 Å². The molecule has 2 aromatic carbocycles. The van der Waals surface area contributed by atoms with Gasteiger partial charge in [-0.15, -0.1) is 0 Å². The van der Waals surface area contributed by atoms with Gasteiger partial charge in [-0.25, -0.2) is 0 Å². The summed E-state index contributed by atoms with van der Waals surface area (Å²) in [4.78, 5) is 40.3. The highest BCUT2D eigenvalue weighted by Crippen LogP contribution is 2.53. The molecule has 2 aliphatic heterocycles. The van der Waals surface area contributed by atoms with Gasteiger partial charge in [-0.3, -0.25) is 14.4 Å². The topological polar surface area (TPSA) is 219 Å². The molecule has 0 amide bonds. The number of ether oxygens (including phenoxy) is 5. The van der Waals surface area contributed by atoms with Crippen LogP contribution in [0.2, 0.25) is 0 Å². The Bertz CT molecular complexity index is 1580. The molecule has 0 bridgehead atoms. The maximum Gasteiger partial charge on any atom is 0.316 e. The van der Waals surface area contributed by atoms with Gasteiger partial charge in [-0.1, -0.05) is 12.1 Å². The van der Waals surface area contributed by atoms with Crippen molar-refractivity contribution in [1.29, 1.82) is 0 Å². The lowest BCUT2D eigenvalue weighted by Crippen LogP contribution is -2.54. The minimum atomic E-state index is -1.83. The van der Waals surface area contributed by atoms with E-state index in [4.69, 9.17) is 23.7 Å². The van der Waals surface area contributed by atoms with Crippen LogP contribution in [0, 0.1) is 0 Å². The number of phenols is 2. The van der Waals surface area contributed by atoms with Crippen molar-refractivity contribution in [2.45, 2.75) is 107 Å². The Hall–Kier alpha value is -3.47. The third-order valence-corrected chi connectivity index (χ3v) is 9.59. The number of rotatable bonds is 5. The fourth-order valence-electron chi connectivity index (χ4n) is 7.25. The van der Waals surface area contributed by atoms with Crippen LogP contribution in [0.1, 0.15) is 95.0 Å². The number of fused-ring (bicyclic) bond motifs is 3. The van der Waals surface area contributed by atoms with E-state index in [1.54, 1.807) is 13.8 Å². The summed E-state index contributed by atoms with van der Waals surface area (Å²) in [6, 6.07) is 5.28. The Kier molecular flexibility index (Phi) is 8.68. The Balaban J connectivity index is 1.33. The molecule has 254 valence electrons. The Morgan fingerprint density at radius 1 is 0.915 bits per heavy atom. The van der Waals surface area contributed by atoms with Crippen molar-refractivity contribution in [1.82, 2.24) is 0 Å². The number of carbonyl (C=O) groups is 3. The highest BCUT2D eigenvalue weighted by molar-refractivity contribution is 6.30. The van der Waals surface area contributed by atoms with Gasteiger partial charge in [0.25, 0.3) is 0 Å². The molecule has 2 fully saturated rings. The monoisotopic (exact) mass is 658 g/mol. The fourth-order valence-corrected chi connectivity index (χ4v) is 7.25. The molecule has 2 heterocycles. The van der Waals surface area contributed by atoms with Crippen molar-refractivity contribution in [3.8, 4) is 11.5 Å². The average Bonchev–Trinajstić information content (AvgIpc) is 2.99. The van der Waals surface area contributed by atoms with Gasteiger partial charge in [0.05, 0.1) is 54.4 Å².